The van der Waals surface area contributed by atoms with E-state index in [2.05, 4.69) is 26.2 Å². The fourth-order valence-corrected chi connectivity index (χ4v) is 3.60. The molecule has 0 aliphatic carbocycles. The summed E-state index contributed by atoms with van der Waals surface area (Å²) in [7, 11) is 1.46. The fourth-order valence-electron chi connectivity index (χ4n) is 3.14. The van der Waals surface area contributed by atoms with Gasteiger partial charge in [-0.1, -0.05) is 12.1 Å². The number of hydrogen-bond donors (Lipinski definition) is 1. The molecule has 4 aromatic rings. The van der Waals surface area contributed by atoms with Crippen LogP contribution in [0.5, 0.6) is 5.75 Å². The highest BCUT2D eigenvalue weighted by Gasteiger charge is 2.16. The van der Waals surface area contributed by atoms with E-state index < -0.39 is 11.5 Å². The van der Waals surface area contributed by atoms with Crippen LogP contribution in [-0.4, -0.2) is 28.5 Å². The molecule has 1 N–H and O–H groups in total. The Morgan fingerprint density at radius 2 is 1.94 bits per heavy atom. The lowest BCUT2D eigenvalue weighted by molar-refractivity contribution is 0.0467. The third kappa shape index (κ3) is 4.80. The third-order valence-electron chi connectivity index (χ3n) is 4.68. The molecule has 0 spiro atoms. The van der Waals surface area contributed by atoms with E-state index in [9.17, 15) is 14.4 Å². The summed E-state index contributed by atoms with van der Waals surface area (Å²) in [5.41, 5.74) is 1.11. The first-order valence-electron chi connectivity index (χ1n) is 9.76. The van der Waals surface area contributed by atoms with E-state index in [4.69, 9.17) is 14.0 Å². The zero-order valence-corrected chi connectivity index (χ0v) is 19.2. The fraction of sp³-hybridized carbons (Fsp3) is 0.130. The maximum Gasteiger partial charge on any atom is 0.338 e. The number of fused-ring (bicyclic) bond motifs is 1. The molecular weight excluding hydrogens is 494 g/mol. The maximum atomic E-state index is 12.7. The van der Waals surface area contributed by atoms with Gasteiger partial charge in [0.05, 0.1) is 29.6 Å². The van der Waals surface area contributed by atoms with E-state index in [1.807, 2.05) is 0 Å². The molecule has 0 saturated heterocycles. The molecule has 2 aromatic carbocycles. The van der Waals surface area contributed by atoms with E-state index in [0.717, 1.165) is 4.57 Å². The number of benzene rings is 2. The lowest BCUT2D eigenvalue weighted by Crippen LogP contribution is -2.16. The van der Waals surface area contributed by atoms with Gasteiger partial charge in [-0.25, -0.2) is 9.78 Å². The van der Waals surface area contributed by atoms with Gasteiger partial charge in [-0.3, -0.25) is 9.59 Å². The minimum absolute atomic E-state index is 0.190. The van der Waals surface area contributed by atoms with Crippen LogP contribution in [0.3, 0.4) is 0 Å². The van der Waals surface area contributed by atoms with Crippen LogP contribution in [0.4, 0.5) is 5.69 Å². The number of aromatic nitrogens is 2. The minimum atomic E-state index is -0.653. The van der Waals surface area contributed by atoms with Gasteiger partial charge in [0.15, 0.2) is 5.65 Å². The molecule has 0 radical (unpaired) electrons. The van der Waals surface area contributed by atoms with E-state index in [1.54, 1.807) is 43.3 Å². The Bertz CT molecular complexity index is 1430. The van der Waals surface area contributed by atoms with Gasteiger partial charge >= 0.3 is 5.97 Å². The quantitative estimate of drug-likeness (QED) is 0.389. The summed E-state index contributed by atoms with van der Waals surface area (Å²) in [5, 5.41) is 2.75. The van der Waals surface area contributed by atoms with Crippen LogP contribution >= 0.6 is 15.9 Å². The second kappa shape index (κ2) is 9.29. The zero-order valence-electron chi connectivity index (χ0n) is 17.6. The molecule has 10 heteroatoms. The van der Waals surface area contributed by atoms with Crippen LogP contribution < -0.4 is 15.6 Å². The number of rotatable bonds is 6. The van der Waals surface area contributed by atoms with Crippen molar-refractivity contribution in [3.05, 3.63) is 92.0 Å². The smallest absolute Gasteiger partial charge is 0.338 e. The van der Waals surface area contributed by atoms with Crippen molar-refractivity contribution in [2.24, 2.45) is 0 Å². The molecule has 0 atom stereocenters. The first kappa shape index (κ1) is 22.3. The highest BCUT2D eigenvalue weighted by Crippen LogP contribution is 2.27. The van der Waals surface area contributed by atoms with Crippen LogP contribution in [0.15, 0.2) is 68.4 Å². The van der Waals surface area contributed by atoms with Gasteiger partial charge in [0.25, 0.3) is 11.5 Å². The standard InChI is InChI=1S/C23H18BrN3O6/c1-13-9-20-25-15(11-21(28)27(20)33-13)12-32-23(30)14-7-8-19(31-2)18(10-14)26-22(29)16-5-3-4-6-17(16)24/h3-11H,12H2,1-2H3,(H,26,29). The van der Waals surface area contributed by atoms with E-state index in [-0.39, 0.29) is 23.8 Å². The number of hydrogen-bond acceptors (Lipinski definition) is 7. The zero-order chi connectivity index (χ0) is 23.5. The Balaban J connectivity index is 1.52. The molecular formula is C23H18BrN3O6. The van der Waals surface area contributed by atoms with Gasteiger partial charge < -0.3 is 19.3 Å². The summed E-state index contributed by atoms with van der Waals surface area (Å²) < 4.78 is 17.5. The first-order chi connectivity index (χ1) is 15.9. The Labute approximate surface area is 196 Å². The molecule has 0 aliphatic heterocycles. The van der Waals surface area contributed by atoms with Gasteiger partial charge in [0, 0.05) is 16.6 Å². The third-order valence-corrected chi connectivity index (χ3v) is 5.37. The lowest BCUT2D eigenvalue weighted by Gasteiger charge is -2.12. The van der Waals surface area contributed by atoms with Gasteiger partial charge in [-0.05, 0) is 53.2 Å². The van der Waals surface area contributed by atoms with E-state index in [1.165, 1.54) is 25.3 Å². The summed E-state index contributed by atoms with van der Waals surface area (Å²) in [5.74, 6) is -0.120. The first-order valence-corrected chi connectivity index (χ1v) is 10.6. The molecule has 33 heavy (non-hydrogen) atoms. The second-order valence-corrected chi connectivity index (χ2v) is 7.86. The predicted octanol–water partition coefficient (Wildman–Crippen LogP) is 3.98. The molecule has 1 amide bonds. The molecule has 2 heterocycles. The van der Waals surface area contributed by atoms with Crippen molar-refractivity contribution < 1.29 is 23.6 Å². The summed E-state index contributed by atoms with van der Waals surface area (Å²) in [4.78, 5) is 41.7. The predicted molar refractivity (Wildman–Crippen MR) is 123 cm³/mol. The van der Waals surface area contributed by atoms with Crippen molar-refractivity contribution in [3.8, 4) is 5.75 Å². The number of amides is 1. The number of esters is 1. The van der Waals surface area contributed by atoms with E-state index >= 15 is 0 Å². The van der Waals surface area contributed by atoms with Crippen molar-refractivity contribution in [2.75, 3.05) is 12.4 Å². The topological polar surface area (TPSA) is 112 Å². The molecule has 2 aromatic heterocycles. The van der Waals surface area contributed by atoms with Crippen molar-refractivity contribution in [1.29, 1.82) is 0 Å². The number of anilines is 1. The molecule has 168 valence electrons. The van der Waals surface area contributed by atoms with Crippen molar-refractivity contribution in [2.45, 2.75) is 13.5 Å². The van der Waals surface area contributed by atoms with Crippen molar-refractivity contribution in [3.63, 3.8) is 0 Å². The van der Waals surface area contributed by atoms with Gasteiger partial charge in [-0.2, -0.15) is 0 Å². The van der Waals surface area contributed by atoms with Crippen LogP contribution in [0.2, 0.25) is 0 Å². The monoisotopic (exact) mass is 511 g/mol. The lowest BCUT2D eigenvalue weighted by atomic mass is 10.1. The van der Waals surface area contributed by atoms with Gasteiger partial charge in [0.1, 0.15) is 18.1 Å². The average molecular weight is 512 g/mol. The van der Waals surface area contributed by atoms with Crippen LogP contribution in [0.25, 0.3) is 5.65 Å². The largest absolute Gasteiger partial charge is 0.495 e. The average Bonchev–Trinajstić information content (AvgIpc) is 3.18. The number of aryl methyl sites for hydroxylation is 1. The molecule has 0 aliphatic rings. The summed E-state index contributed by atoms with van der Waals surface area (Å²) in [6.45, 7) is 1.49. The second-order valence-electron chi connectivity index (χ2n) is 7.01. The Morgan fingerprint density at radius 1 is 1.15 bits per heavy atom. The SMILES string of the molecule is COc1ccc(C(=O)OCc2cc(=O)n3oc(C)cc3n2)cc1NC(=O)c1ccccc1Br. The Hall–Kier alpha value is -3.92. The van der Waals surface area contributed by atoms with Gasteiger partial charge in [0.2, 0.25) is 0 Å². The highest BCUT2D eigenvalue weighted by atomic mass is 79.9. The maximum absolute atomic E-state index is 12.7. The van der Waals surface area contributed by atoms with Crippen molar-refractivity contribution >= 4 is 39.1 Å². The number of nitrogens with zero attached hydrogens (tertiary/aromatic N) is 2. The number of nitrogens with one attached hydrogen (secondary N) is 1. The molecule has 0 bridgehead atoms. The van der Waals surface area contributed by atoms with E-state index in [0.29, 0.717) is 32.9 Å². The number of methoxy groups -OCH3 is 1. The number of ether oxygens (including phenoxy) is 2. The molecule has 4 rings (SSSR count). The normalized spacial score (nSPS) is 10.8. The summed E-state index contributed by atoms with van der Waals surface area (Å²) in [6.07, 6.45) is 0. The molecule has 0 unspecified atom stereocenters. The van der Waals surface area contributed by atoms with Crippen molar-refractivity contribution in [1.82, 2.24) is 9.56 Å². The molecule has 9 nitrogen and oxygen atoms in total. The molecule has 0 fully saturated rings. The summed E-state index contributed by atoms with van der Waals surface area (Å²) in [6, 6.07) is 14.3. The highest BCUT2D eigenvalue weighted by molar-refractivity contribution is 9.10. The van der Waals surface area contributed by atoms with Crippen LogP contribution in [0.1, 0.15) is 32.2 Å². The number of halogens is 1. The summed E-state index contributed by atoms with van der Waals surface area (Å²) >= 11 is 3.35. The minimum Gasteiger partial charge on any atom is -0.495 e. The van der Waals surface area contributed by atoms with Crippen LogP contribution in [-0.2, 0) is 11.3 Å². The number of carbonyl (C=O) groups excluding carboxylic acids is 2. The van der Waals surface area contributed by atoms with Crippen LogP contribution in [0, 0.1) is 6.92 Å². The number of carbonyl (C=O) groups is 2. The van der Waals surface area contributed by atoms with Gasteiger partial charge in [-0.15, -0.1) is 4.57 Å². The Morgan fingerprint density at radius 3 is 2.70 bits per heavy atom. The Kier molecular flexibility index (Phi) is 6.27. The molecule has 0 saturated carbocycles.